The van der Waals surface area contributed by atoms with Crippen LogP contribution in [0.25, 0.3) is 0 Å². The lowest BCUT2D eigenvalue weighted by molar-refractivity contribution is 0.291. The summed E-state index contributed by atoms with van der Waals surface area (Å²) >= 11 is 0.947. The molecule has 3 nitrogen and oxygen atoms in total. The SMILES string of the molecule is CCOP(=O)(O)SCC. The van der Waals surface area contributed by atoms with Crippen molar-refractivity contribution in [3.8, 4) is 0 Å². The van der Waals surface area contributed by atoms with Crippen molar-refractivity contribution in [3.63, 3.8) is 0 Å². The molecule has 0 fully saturated rings. The molecule has 0 heterocycles. The minimum Gasteiger partial charge on any atom is -0.316 e. The van der Waals surface area contributed by atoms with E-state index in [1.807, 2.05) is 6.92 Å². The molecule has 1 unspecified atom stereocenters. The topological polar surface area (TPSA) is 46.5 Å². The van der Waals surface area contributed by atoms with Crippen LogP contribution in [-0.2, 0) is 9.09 Å². The van der Waals surface area contributed by atoms with Crippen molar-refractivity contribution in [2.45, 2.75) is 13.8 Å². The molecule has 0 radical (unpaired) electrons. The van der Waals surface area contributed by atoms with Crippen LogP contribution in [0.4, 0.5) is 0 Å². The van der Waals surface area contributed by atoms with Crippen LogP contribution in [0.2, 0.25) is 0 Å². The number of hydrogen-bond donors (Lipinski definition) is 1. The van der Waals surface area contributed by atoms with Gasteiger partial charge in [-0.25, -0.2) is 4.57 Å². The van der Waals surface area contributed by atoms with Gasteiger partial charge in [0.15, 0.2) is 0 Å². The van der Waals surface area contributed by atoms with Gasteiger partial charge in [-0.15, -0.1) is 0 Å². The van der Waals surface area contributed by atoms with Crippen molar-refractivity contribution in [2.24, 2.45) is 0 Å². The van der Waals surface area contributed by atoms with Gasteiger partial charge in [0.1, 0.15) is 0 Å². The molecular weight excluding hydrogens is 159 g/mol. The molecule has 1 N–H and O–H groups in total. The number of rotatable bonds is 4. The van der Waals surface area contributed by atoms with E-state index < -0.39 is 6.80 Å². The molecule has 0 rings (SSSR count). The van der Waals surface area contributed by atoms with Crippen molar-refractivity contribution < 1.29 is 14.0 Å². The standard InChI is InChI=1S/C4H11O3PS/c1-3-7-8(5,6)9-4-2/h3-4H2,1-2H3,(H,5,6). The van der Waals surface area contributed by atoms with Crippen LogP contribution in [0.3, 0.4) is 0 Å². The summed E-state index contributed by atoms with van der Waals surface area (Å²) in [7, 11) is 0. The minimum atomic E-state index is -3.28. The fourth-order valence-corrected chi connectivity index (χ4v) is 2.61. The van der Waals surface area contributed by atoms with Gasteiger partial charge in [0.05, 0.1) is 6.61 Å². The second kappa shape index (κ2) is 4.34. The predicted molar refractivity (Wildman–Crippen MR) is 39.6 cm³/mol. The van der Waals surface area contributed by atoms with Crippen molar-refractivity contribution in [2.75, 3.05) is 12.4 Å². The van der Waals surface area contributed by atoms with Gasteiger partial charge in [0.25, 0.3) is 0 Å². The molecule has 0 aliphatic rings. The monoisotopic (exact) mass is 170 g/mol. The first-order valence-electron chi connectivity index (χ1n) is 2.74. The zero-order valence-electron chi connectivity index (χ0n) is 5.53. The lowest BCUT2D eigenvalue weighted by Gasteiger charge is -2.06. The maximum atomic E-state index is 10.7. The second-order valence-corrected chi connectivity index (χ2v) is 5.49. The maximum Gasteiger partial charge on any atom is 0.386 e. The quantitative estimate of drug-likeness (QED) is 0.654. The van der Waals surface area contributed by atoms with Crippen molar-refractivity contribution >= 4 is 18.2 Å². The van der Waals surface area contributed by atoms with Gasteiger partial charge in [-0.1, -0.05) is 6.92 Å². The smallest absolute Gasteiger partial charge is 0.316 e. The Hall–Kier alpha value is 0.500. The summed E-state index contributed by atoms with van der Waals surface area (Å²) < 4.78 is 15.3. The van der Waals surface area contributed by atoms with Gasteiger partial charge in [0, 0.05) is 5.75 Å². The van der Waals surface area contributed by atoms with E-state index in [4.69, 9.17) is 4.89 Å². The minimum absolute atomic E-state index is 0.292. The summed E-state index contributed by atoms with van der Waals surface area (Å²) in [4.78, 5) is 8.81. The van der Waals surface area contributed by atoms with Gasteiger partial charge >= 0.3 is 6.80 Å². The molecular formula is C4H11O3PS. The third-order valence-electron chi connectivity index (χ3n) is 0.584. The first kappa shape index (κ1) is 9.50. The Morgan fingerprint density at radius 3 is 2.56 bits per heavy atom. The van der Waals surface area contributed by atoms with Crippen LogP contribution in [0.1, 0.15) is 13.8 Å². The molecule has 0 spiro atoms. The van der Waals surface area contributed by atoms with E-state index in [0.29, 0.717) is 12.4 Å². The molecule has 5 heteroatoms. The van der Waals surface area contributed by atoms with Gasteiger partial charge < -0.3 is 9.42 Å². The molecule has 0 saturated carbocycles. The summed E-state index contributed by atoms with van der Waals surface area (Å²) in [6.07, 6.45) is 0. The van der Waals surface area contributed by atoms with Crippen molar-refractivity contribution in [1.29, 1.82) is 0 Å². The summed E-state index contributed by atoms with van der Waals surface area (Å²) in [6, 6.07) is 0. The number of hydrogen-bond acceptors (Lipinski definition) is 3. The zero-order chi connectivity index (χ0) is 7.33. The fraction of sp³-hybridized carbons (Fsp3) is 1.00. The molecule has 56 valence electrons. The first-order chi connectivity index (χ1) is 4.12. The van der Waals surface area contributed by atoms with E-state index in [9.17, 15) is 4.57 Å². The summed E-state index contributed by atoms with van der Waals surface area (Å²) in [5.74, 6) is 0.605. The largest absolute Gasteiger partial charge is 0.386 e. The van der Waals surface area contributed by atoms with E-state index in [1.54, 1.807) is 6.92 Å². The lowest BCUT2D eigenvalue weighted by Crippen LogP contribution is -1.84. The average Bonchev–Trinajstić information content (AvgIpc) is 1.64. The normalized spacial score (nSPS) is 17.2. The lowest BCUT2D eigenvalue weighted by atomic mass is 10.9. The molecule has 0 aliphatic carbocycles. The fourth-order valence-electron chi connectivity index (χ4n) is 0.364. The summed E-state index contributed by atoms with van der Waals surface area (Å²) in [5, 5.41) is 0. The predicted octanol–water partition coefficient (Wildman–Crippen LogP) is 1.88. The Morgan fingerprint density at radius 2 is 2.22 bits per heavy atom. The molecule has 1 atom stereocenters. The Morgan fingerprint density at radius 1 is 1.67 bits per heavy atom. The van der Waals surface area contributed by atoms with E-state index >= 15 is 0 Å². The summed E-state index contributed by atoms with van der Waals surface area (Å²) in [5.41, 5.74) is 0. The Bertz CT molecular complexity index is 106. The Labute approximate surface area is 59.1 Å². The summed E-state index contributed by atoms with van der Waals surface area (Å²) in [6.45, 7) is 0.522. The van der Waals surface area contributed by atoms with Gasteiger partial charge in [-0.3, -0.25) is 0 Å². The van der Waals surface area contributed by atoms with Crippen LogP contribution >= 0.6 is 18.2 Å². The van der Waals surface area contributed by atoms with Crippen LogP contribution in [0.15, 0.2) is 0 Å². The molecule has 0 bridgehead atoms. The van der Waals surface area contributed by atoms with Crippen LogP contribution < -0.4 is 0 Å². The highest BCUT2D eigenvalue weighted by molar-refractivity contribution is 8.54. The third-order valence-corrected chi connectivity index (χ3v) is 3.82. The molecule has 0 aromatic carbocycles. The van der Waals surface area contributed by atoms with E-state index in [-0.39, 0.29) is 0 Å². The Kier molecular flexibility index (Phi) is 4.58. The van der Waals surface area contributed by atoms with E-state index in [0.717, 1.165) is 11.4 Å². The van der Waals surface area contributed by atoms with Gasteiger partial charge in [0.2, 0.25) is 0 Å². The van der Waals surface area contributed by atoms with E-state index in [2.05, 4.69) is 4.52 Å². The first-order valence-corrected chi connectivity index (χ1v) is 5.91. The average molecular weight is 170 g/mol. The molecule has 0 saturated heterocycles. The highest BCUT2D eigenvalue weighted by atomic mass is 32.7. The van der Waals surface area contributed by atoms with Gasteiger partial charge in [-0.05, 0) is 18.3 Å². The van der Waals surface area contributed by atoms with Crippen LogP contribution in [0, 0.1) is 0 Å². The molecule has 0 aromatic heterocycles. The van der Waals surface area contributed by atoms with Crippen LogP contribution in [-0.4, -0.2) is 17.3 Å². The third kappa shape index (κ3) is 4.97. The highest BCUT2D eigenvalue weighted by Gasteiger charge is 2.16. The second-order valence-electron chi connectivity index (χ2n) is 1.30. The Balaban J connectivity index is 3.58. The van der Waals surface area contributed by atoms with Gasteiger partial charge in [-0.2, -0.15) is 0 Å². The highest BCUT2D eigenvalue weighted by Crippen LogP contribution is 2.55. The zero-order valence-corrected chi connectivity index (χ0v) is 7.24. The maximum absolute atomic E-state index is 10.7. The molecule has 0 aliphatic heterocycles. The molecule has 0 amide bonds. The molecule has 9 heavy (non-hydrogen) atoms. The van der Waals surface area contributed by atoms with E-state index in [1.165, 1.54) is 0 Å². The van der Waals surface area contributed by atoms with Crippen LogP contribution in [0.5, 0.6) is 0 Å². The van der Waals surface area contributed by atoms with Crippen molar-refractivity contribution in [1.82, 2.24) is 0 Å². The molecule has 0 aromatic rings. The van der Waals surface area contributed by atoms with Crippen molar-refractivity contribution in [3.05, 3.63) is 0 Å².